The lowest BCUT2D eigenvalue weighted by Crippen LogP contribution is -2.18. The maximum atomic E-state index is 11.0. The molecule has 1 rings (SSSR count). The van der Waals surface area contributed by atoms with Gasteiger partial charge in [0.15, 0.2) is 5.16 Å². The predicted octanol–water partition coefficient (Wildman–Crippen LogP) is 2.42. The summed E-state index contributed by atoms with van der Waals surface area (Å²) >= 11 is 7.33. The normalized spacial score (nSPS) is 14.4. The van der Waals surface area contributed by atoms with Gasteiger partial charge in [0, 0.05) is 34.9 Å². The molecule has 2 atom stereocenters. The lowest BCUT2D eigenvalue weighted by Gasteiger charge is -2.14. The maximum Gasteiger partial charge on any atom is 0.190 e. The number of hydrogen-bond donors (Lipinski definition) is 1. The second-order valence-corrected chi connectivity index (χ2v) is 6.39. The zero-order valence-corrected chi connectivity index (χ0v) is 12.5. The van der Waals surface area contributed by atoms with Crippen LogP contribution >= 0.6 is 23.4 Å². The quantitative estimate of drug-likeness (QED) is 0.496. The Hall–Kier alpha value is -0.330. The number of halogens is 1. The van der Waals surface area contributed by atoms with Gasteiger partial charge in [-0.15, -0.1) is 0 Å². The van der Waals surface area contributed by atoms with Crippen LogP contribution in [0, 0.1) is 0 Å². The minimum Gasteiger partial charge on any atom is -0.367 e. The molecule has 1 aromatic heterocycles. The Morgan fingerprint density at radius 3 is 2.88 bits per heavy atom. The van der Waals surface area contributed by atoms with Gasteiger partial charge < -0.3 is 5.32 Å². The summed E-state index contributed by atoms with van der Waals surface area (Å²) in [5, 5.41) is 4.30. The smallest absolute Gasteiger partial charge is 0.190 e. The van der Waals surface area contributed by atoms with Crippen LogP contribution < -0.4 is 5.32 Å². The van der Waals surface area contributed by atoms with E-state index in [-0.39, 0.29) is 6.04 Å². The molecule has 96 valence electrons. The van der Waals surface area contributed by atoms with Crippen molar-refractivity contribution < 1.29 is 4.21 Å². The number of rotatable bonds is 6. The van der Waals surface area contributed by atoms with Crippen molar-refractivity contribution in [3.8, 4) is 0 Å². The summed E-state index contributed by atoms with van der Waals surface area (Å²) in [6, 6.07) is 1.90. The minimum absolute atomic E-state index is 0.208. The van der Waals surface area contributed by atoms with Crippen LogP contribution in [0.4, 0.5) is 5.82 Å². The topological polar surface area (TPSA) is 54.9 Å². The Kier molecular flexibility index (Phi) is 6.22. The van der Waals surface area contributed by atoms with E-state index in [4.69, 9.17) is 11.6 Å². The molecule has 0 aliphatic heterocycles. The number of thioether (sulfide) groups is 1. The molecule has 0 amide bonds. The Balaban J connectivity index is 2.61. The Morgan fingerprint density at radius 1 is 1.59 bits per heavy atom. The van der Waals surface area contributed by atoms with E-state index in [1.807, 2.05) is 13.2 Å². The first-order valence-electron chi connectivity index (χ1n) is 5.16. The summed E-state index contributed by atoms with van der Waals surface area (Å²) in [6.45, 7) is 2.03. The predicted molar refractivity (Wildman–Crippen MR) is 75.5 cm³/mol. The zero-order chi connectivity index (χ0) is 12.8. The first-order valence-corrected chi connectivity index (χ1v) is 8.49. The molecule has 0 saturated carbocycles. The van der Waals surface area contributed by atoms with E-state index in [1.54, 1.807) is 12.3 Å². The first kappa shape index (κ1) is 14.7. The van der Waals surface area contributed by atoms with E-state index in [9.17, 15) is 4.21 Å². The van der Waals surface area contributed by atoms with Crippen molar-refractivity contribution in [1.82, 2.24) is 9.97 Å². The Labute approximate surface area is 113 Å². The van der Waals surface area contributed by atoms with Gasteiger partial charge in [-0.1, -0.05) is 23.4 Å². The molecule has 1 aromatic rings. The summed E-state index contributed by atoms with van der Waals surface area (Å²) in [5.41, 5.74) is 0. The van der Waals surface area contributed by atoms with E-state index >= 15 is 0 Å². The molecule has 0 saturated heterocycles. The molecule has 0 aliphatic rings. The molecular formula is C10H16ClN3OS2. The van der Waals surface area contributed by atoms with Crippen molar-refractivity contribution in [2.45, 2.75) is 24.5 Å². The Bertz CT molecular complexity index is 403. The van der Waals surface area contributed by atoms with Gasteiger partial charge in [-0.3, -0.25) is 4.21 Å². The van der Waals surface area contributed by atoms with Crippen molar-refractivity contribution in [2.75, 3.05) is 23.6 Å². The summed E-state index contributed by atoms with van der Waals surface area (Å²) in [6.07, 6.45) is 4.44. The van der Waals surface area contributed by atoms with Gasteiger partial charge >= 0.3 is 0 Å². The molecule has 1 N–H and O–H groups in total. The molecular weight excluding hydrogens is 278 g/mol. The van der Waals surface area contributed by atoms with E-state index in [0.29, 0.717) is 21.9 Å². The van der Waals surface area contributed by atoms with Crippen LogP contribution in [0.3, 0.4) is 0 Å². The number of nitrogens with zero attached hydrogens (tertiary/aromatic N) is 2. The summed E-state index contributed by atoms with van der Waals surface area (Å²) in [5.74, 6) is 1.39. The molecule has 0 spiro atoms. The van der Waals surface area contributed by atoms with Crippen LogP contribution in [0.25, 0.3) is 0 Å². The molecule has 0 aliphatic carbocycles. The standard InChI is InChI=1S/C10H16ClN3OS2/c1-7(4-5-17(3)15)12-9-6-8(11)13-10(14-9)16-2/h6-7H,4-5H2,1-3H3,(H,12,13,14). The fourth-order valence-electron chi connectivity index (χ4n) is 1.23. The number of anilines is 1. The minimum atomic E-state index is -0.757. The van der Waals surface area contributed by atoms with Crippen molar-refractivity contribution in [3.63, 3.8) is 0 Å². The summed E-state index contributed by atoms with van der Waals surface area (Å²) in [7, 11) is -0.757. The van der Waals surface area contributed by atoms with Gasteiger partial charge in [-0.25, -0.2) is 9.97 Å². The lowest BCUT2D eigenvalue weighted by atomic mass is 10.2. The van der Waals surface area contributed by atoms with Crippen LogP contribution in [-0.4, -0.2) is 38.5 Å². The third kappa shape index (κ3) is 5.70. The van der Waals surface area contributed by atoms with Gasteiger partial charge in [0.25, 0.3) is 0 Å². The van der Waals surface area contributed by atoms with Crippen LogP contribution in [0.2, 0.25) is 5.15 Å². The average molecular weight is 294 g/mol. The largest absolute Gasteiger partial charge is 0.367 e. The molecule has 0 fully saturated rings. The highest BCUT2D eigenvalue weighted by Gasteiger charge is 2.07. The van der Waals surface area contributed by atoms with Gasteiger partial charge in [0.2, 0.25) is 0 Å². The second kappa shape index (κ2) is 7.18. The van der Waals surface area contributed by atoms with Gasteiger partial charge in [0.1, 0.15) is 11.0 Å². The van der Waals surface area contributed by atoms with E-state index < -0.39 is 10.8 Å². The molecule has 17 heavy (non-hydrogen) atoms. The molecule has 7 heteroatoms. The number of nitrogens with one attached hydrogen (secondary N) is 1. The van der Waals surface area contributed by atoms with Gasteiger partial charge in [-0.2, -0.15) is 0 Å². The van der Waals surface area contributed by atoms with E-state index in [0.717, 1.165) is 6.42 Å². The van der Waals surface area contributed by atoms with Crippen molar-refractivity contribution in [3.05, 3.63) is 11.2 Å². The average Bonchev–Trinajstić information content (AvgIpc) is 2.25. The van der Waals surface area contributed by atoms with E-state index in [1.165, 1.54) is 11.8 Å². The van der Waals surface area contributed by atoms with Gasteiger partial charge in [0.05, 0.1) is 0 Å². The highest BCUT2D eigenvalue weighted by atomic mass is 35.5. The fourth-order valence-corrected chi connectivity index (χ4v) is 2.53. The highest BCUT2D eigenvalue weighted by molar-refractivity contribution is 7.98. The zero-order valence-electron chi connectivity index (χ0n) is 10.1. The molecule has 2 unspecified atom stereocenters. The third-order valence-corrected chi connectivity index (χ3v) is 3.64. The van der Waals surface area contributed by atoms with E-state index in [2.05, 4.69) is 15.3 Å². The third-order valence-electron chi connectivity index (χ3n) is 2.09. The van der Waals surface area contributed by atoms with Crippen LogP contribution in [0.15, 0.2) is 11.2 Å². The SMILES string of the molecule is CSc1nc(Cl)cc(NC(C)CCS(C)=O)n1. The van der Waals surface area contributed by atoms with Gasteiger partial charge in [-0.05, 0) is 19.6 Å². The lowest BCUT2D eigenvalue weighted by molar-refractivity contribution is 0.678. The molecule has 0 radical (unpaired) electrons. The second-order valence-electron chi connectivity index (χ2n) is 3.67. The van der Waals surface area contributed by atoms with Crippen LogP contribution in [0.5, 0.6) is 0 Å². The van der Waals surface area contributed by atoms with Crippen LogP contribution in [-0.2, 0) is 10.8 Å². The molecule has 0 aromatic carbocycles. The fraction of sp³-hybridized carbons (Fsp3) is 0.600. The summed E-state index contributed by atoms with van der Waals surface area (Å²) < 4.78 is 11.0. The number of aromatic nitrogens is 2. The van der Waals surface area contributed by atoms with Crippen molar-refractivity contribution >= 4 is 40.0 Å². The molecule has 1 heterocycles. The Morgan fingerprint density at radius 2 is 2.29 bits per heavy atom. The van der Waals surface area contributed by atoms with Crippen LogP contribution in [0.1, 0.15) is 13.3 Å². The molecule has 4 nitrogen and oxygen atoms in total. The van der Waals surface area contributed by atoms with Crippen molar-refractivity contribution in [1.29, 1.82) is 0 Å². The number of hydrogen-bond acceptors (Lipinski definition) is 5. The van der Waals surface area contributed by atoms with Crippen molar-refractivity contribution in [2.24, 2.45) is 0 Å². The monoisotopic (exact) mass is 293 g/mol. The maximum absolute atomic E-state index is 11.0. The molecule has 0 bridgehead atoms. The summed E-state index contributed by atoms with van der Waals surface area (Å²) in [4.78, 5) is 8.36. The first-order chi connectivity index (χ1) is 8.01. The highest BCUT2D eigenvalue weighted by Crippen LogP contribution is 2.18.